The molecule has 0 saturated carbocycles. The molecule has 0 fully saturated rings. The lowest BCUT2D eigenvalue weighted by molar-refractivity contribution is -0.116. The number of fused-ring (bicyclic) bond motifs is 1. The van der Waals surface area contributed by atoms with Gasteiger partial charge in [-0.05, 0) is 49.7 Å². The number of thioether (sulfide) groups is 1. The highest BCUT2D eigenvalue weighted by atomic mass is 32.2. The van der Waals surface area contributed by atoms with E-state index in [1.807, 2.05) is 0 Å². The number of ether oxygens (including phenoxy) is 2. The lowest BCUT2D eigenvalue weighted by Crippen LogP contribution is -2.17. The number of carbonyl (C=O) groups excluding carboxylic acids is 1. The van der Waals surface area contributed by atoms with Crippen LogP contribution in [0.1, 0.15) is 23.4 Å². The summed E-state index contributed by atoms with van der Waals surface area (Å²) in [6, 6.07) is 5.23. The molecule has 2 aromatic rings. The maximum Gasteiger partial charge on any atom is 0.291 e. The number of aromatic nitrogens is 2. The maximum absolute atomic E-state index is 12.5. The van der Waals surface area contributed by atoms with Crippen LogP contribution < -0.4 is 14.8 Å². The average molecular weight is 395 g/mol. The Morgan fingerprint density at radius 3 is 2.52 bits per heavy atom. The van der Waals surface area contributed by atoms with E-state index < -0.39 is 5.76 Å². The number of carbonyl (C=O) groups is 1. The fourth-order valence-electron chi connectivity index (χ4n) is 2.79. The molecule has 1 aliphatic rings. The van der Waals surface area contributed by atoms with Crippen LogP contribution in [0.2, 0.25) is 0 Å². The number of benzene rings is 1. The Labute approximate surface area is 159 Å². The maximum atomic E-state index is 12.5. The van der Waals surface area contributed by atoms with Crippen LogP contribution in [0.15, 0.2) is 23.4 Å². The second-order valence-electron chi connectivity index (χ2n) is 5.94. The fraction of sp³-hybridized carbons (Fsp3) is 0.389. The van der Waals surface area contributed by atoms with Gasteiger partial charge in [0.25, 0.3) is 5.76 Å². The first-order valence-corrected chi connectivity index (χ1v) is 9.29. The summed E-state index contributed by atoms with van der Waals surface area (Å²) >= 11 is 0.316. The molecule has 27 heavy (non-hydrogen) atoms. The molecule has 1 aromatic carbocycles. The summed E-state index contributed by atoms with van der Waals surface area (Å²) in [7, 11) is 0. The second kappa shape index (κ2) is 8.51. The van der Waals surface area contributed by atoms with Crippen LogP contribution in [0.4, 0.5) is 14.5 Å². The standard InChI is InChI=1S/C18H19F2N3O3S/c1-10-13(11(2)22-18(21-10)27-17(19)20)4-6-16(24)23-12-3-5-14-15(9-12)26-8-7-25-14/h3,5,9,17H,4,6-8H2,1-2H3,(H,23,24). The van der Waals surface area contributed by atoms with Gasteiger partial charge in [-0.3, -0.25) is 4.79 Å². The summed E-state index contributed by atoms with van der Waals surface area (Å²) in [5, 5.41) is 2.87. The molecule has 6 nitrogen and oxygen atoms in total. The quantitative estimate of drug-likeness (QED) is 0.593. The van der Waals surface area contributed by atoms with Crippen LogP contribution >= 0.6 is 11.8 Å². The number of halogens is 2. The smallest absolute Gasteiger partial charge is 0.291 e. The van der Waals surface area contributed by atoms with Gasteiger partial charge in [0.1, 0.15) is 13.2 Å². The van der Waals surface area contributed by atoms with E-state index >= 15 is 0 Å². The van der Waals surface area contributed by atoms with Gasteiger partial charge < -0.3 is 14.8 Å². The number of alkyl halides is 2. The molecule has 9 heteroatoms. The van der Waals surface area contributed by atoms with Crippen molar-refractivity contribution in [2.75, 3.05) is 18.5 Å². The third-order valence-electron chi connectivity index (χ3n) is 4.02. The minimum absolute atomic E-state index is 0.0458. The van der Waals surface area contributed by atoms with Gasteiger partial charge in [-0.1, -0.05) is 0 Å². The fourth-order valence-corrected chi connectivity index (χ4v) is 3.32. The number of anilines is 1. The highest BCUT2D eigenvalue weighted by Gasteiger charge is 2.15. The van der Waals surface area contributed by atoms with Crippen LogP contribution in [0.3, 0.4) is 0 Å². The van der Waals surface area contributed by atoms with Crippen molar-refractivity contribution in [3.8, 4) is 11.5 Å². The topological polar surface area (TPSA) is 73.3 Å². The molecule has 0 radical (unpaired) electrons. The van der Waals surface area contributed by atoms with E-state index in [1.54, 1.807) is 32.0 Å². The van der Waals surface area contributed by atoms with Crippen molar-refractivity contribution in [1.29, 1.82) is 0 Å². The zero-order chi connectivity index (χ0) is 19.4. The van der Waals surface area contributed by atoms with Crippen molar-refractivity contribution in [2.45, 2.75) is 37.6 Å². The number of rotatable bonds is 6. The SMILES string of the molecule is Cc1nc(SC(F)F)nc(C)c1CCC(=O)Nc1ccc2c(c1)OCCO2. The summed E-state index contributed by atoms with van der Waals surface area (Å²) in [6.45, 7) is 4.45. The third kappa shape index (κ3) is 5.06. The highest BCUT2D eigenvalue weighted by Crippen LogP contribution is 2.32. The van der Waals surface area contributed by atoms with E-state index in [4.69, 9.17) is 9.47 Å². The van der Waals surface area contributed by atoms with Gasteiger partial charge in [-0.25, -0.2) is 9.97 Å². The number of amides is 1. The molecule has 0 aliphatic carbocycles. The zero-order valence-corrected chi connectivity index (χ0v) is 15.7. The molecule has 1 amide bonds. The van der Waals surface area contributed by atoms with E-state index in [9.17, 15) is 13.6 Å². The summed E-state index contributed by atoms with van der Waals surface area (Å²) in [4.78, 5) is 20.4. The Hall–Kier alpha value is -2.42. The largest absolute Gasteiger partial charge is 0.486 e. The Morgan fingerprint density at radius 1 is 1.19 bits per heavy atom. The Kier molecular flexibility index (Phi) is 6.10. The van der Waals surface area contributed by atoms with Gasteiger partial charge in [0.2, 0.25) is 5.91 Å². The molecular formula is C18H19F2N3O3S. The molecular weight excluding hydrogens is 376 g/mol. The molecule has 1 aromatic heterocycles. The van der Waals surface area contributed by atoms with Gasteiger partial charge >= 0.3 is 0 Å². The predicted octanol–water partition coefficient (Wildman–Crippen LogP) is 3.75. The van der Waals surface area contributed by atoms with Gasteiger partial charge in [0.05, 0.1) is 0 Å². The van der Waals surface area contributed by atoms with Crippen molar-refractivity contribution in [1.82, 2.24) is 9.97 Å². The lowest BCUT2D eigenvalue weighted by Gasteiger charge is -2.19. The van der Waals surface area contributed by atoms with E-state index in [0.29, 0.717) is 60.0 Å². The first-order chi connectivity index (χ1) is 12.9. The summed E-state index contributed by atoms with van der Waals surface area (Å²) in [5.41, 5.74) is 2.64. The Morgan fingerprint density at radius 2 is 1.85 bits per heavy atom. The lowest BCUT2D eigenvalue weighted by atomic mass is 10.1. The van der Waals surface area contributed by atoms with Crippen molar-refractivity contribution in [3.63, 3.8) is 0 Å². The van der Waals surface area contributed by atoms with Crippen LogP contribution in [0.25, 0.3) is 0 Å². The molecule has 144 valence electrons. The normalized spacial score (nSPS) is 12.9. The molecule has 1 aliphatic heterocycles. The van der Waals surface area contributed by atoms with Crippen molar-refractivity contribution >= 4 is 23.4 Å². The molecule has 2 heterocycles. The van der Waals surface area contributed by atoms with E-state index in [1.165, 1.54) is 0 Å². The molecule has 0 saturated heterocycles. The molecule has 0 unspecified atom stereocenters. The average Bonchev–Trinajstić information content (AvgIpc) is 2.60. The van der Waals surface area contributed by atoms with Gasteiger partial charge in [-0.15, -0.1) is 0 Å². The van der Waals surface area contributed by atoms with Crippen molar-refractivity contribution in [2.24, 2.45) is 0 Å². The van der Waals surface area contributed by atoms with E-state index in [0.717, 1.165) is 5.56 Å². The minimum Gasteiger partial charge on any atom is -0.486 e. The van der Waals surface area contributed by atoms with Crippen LogP contribution in [0, 0.1) is 13.8 Å². The van der Waals surface area contributed by atoms with Crippen LogP contribution in [-0.2, 0) is 11.2 Å². The number of hydrogen-bond donors (Lipinski definition) is 1. The highest BCUT2D eigenvalue weighted by molar-refractivity contribution is 7.99. The molecule has 3 rings (SSSR count). The summed E-state index contributed by atoms with van der Waals surface area (Å²) in [5.74, 6) is -1.47. The van der Waals surface area contributed by atoms with Gasteiger partial charge in [0.15, 0.2) is 16.7 Å². The number of hydrogen-bond acceptors (Lipinski definition) is 6. The van der Waals surface area contributed by atoms with Crippen molar-refractivity contribution < 1.29 is 23.0 Å². The predicted molar refractivity (Wildman–Crippen MR) is 97.7 cm³/mol. The first-order valence-electron chi connectivity index (χ1n) is 8.41. The molecule has 1 N–H and O–H groups in total. The Balaban J connectivity index is 1.61. The summed E-state index contributed by atoms with van der Waals surface area (Å²) < 4.78 is 35.9. The molecule has 0 atom stereocenters. The third-order valence-corrected chi connectivity index (χ3v) is 4.59. The van der Waals surface area contributed by atoms with Gasteiger partial charge in [-0.2, -0.15) is 8.78 Å². The second-order valence-corrected chi connectivity index (χ2v) is 6.90. The van der Waals surface area contributed by atoms with Gasteiger partial charge in [0, 0.05) is 29.6 Å². The minimum atomic E-state index is -2.56. The monoisotopic (exact) mass is 395 g/mol. The number of nitrogens with one attached hydrogen (secondary N) is 1. The number of nitrogens with zero attached hydrogens (tertiary/aromatic N) is 2. The molecule has 0 bridgehead atoms. The Bertz CT molecular complexity index is 826. The first kappa shape index (κ1) is 19.3. The van der Waals surface area contributed by atoms with Crippen molar-refractivity contribution in [3.05, 3.63) is 35.2 Å². The van der Waals surface area contributed by atoms with Crippen LogP contribution in [-0.4, -0.2) is 34.8 Å². The number of aryl methyl sites for hydroxylation is 2. The zero-order valence-electron chi connectivity index (χ0n) is 14.9. The van der Waals surface area contributed by atoms with Crippen LogP contribution in [0.5, 0.6) is 11.5 Å². The summed E-state index contributed by atoms with van der Waals surface area (Å²) in [6.07, 6.45) is 0.647. The van der Waals surface area contributed by atoms with E-state index in [-0.39, 0.29) is 17.5 Å². The van der Waals surface area contributed by atoms with E-state index in [2.05, 4.69) is 15.3 Å². The molecule has 0 spiro atoms.